The van der Waals surface area contributed by atoms with Crippen LogP contribution in [0.3, 0.4) is 0 Å². The third-order valence-electron chi connectivity index (χ3n) is 1.59. The summed E-state index contributed by atoms with van der Waals surface area (Å²) in [5.74, 6) is 0.486. The number of hydrogen-bond acceptors (Lipinski definition) is 2. The van der Waals surface area contributed by atoms with Gasteiger partial charge in [-0.2, -0.15) is 0 Å². The van der Waals surface area contributed by atoms with Gasteiger partial charge in [-0.15, -0.1) is 0 Å². The van der Waals surface area contributed by atoms with Gasteiger partial charge in [-0.05, 0) is 20.8 Å². The minimum absolute atomic E-state index is 0.474. The summed E-state index contributed by atoms with van der Waals surface area (Å²) in [6.07, 6.45) is 1.95. The average molecular weight is 183 g/mol. The first-order valence-electron chi connectivity index (χ1n) is 3.94. The third-order valence-corrected chi connectivity index (χ3v) is 1.59. The fourth-order valence-corrected chi connectivity index (χ4v) is 1.12. The van der Waals surface area contributed by atoms with Crippen molar-refractivity contribution in [3.63, 3.8) is 0 Å². The standard InChI is InChI=1S/C8H13N3O2/c1-8(2,3)11(7(12)13)6-4-9-5-10-6/h4-5H,1-3H3,(H,9,10)(H,12,13). The van der Waals surface area contributed by atoms with Crippen molar-refractivity contribution >= 4 is 11.9 Å². The number of carbonyl (C=O) groups is 1. The third kappa shape index (κ3) is 1.99. The van der Waals surface area contributed by atoms with Gasteiger partial charge in [-0.1, -0.05) is 0 Å². The fraction of sp³-hybridized carbons (Fsp3) is 0.500. The topological polar surface area (TPSA) is 69.2 Å². The predicted molar refractivity (Wildman–Crippen MR) is 48.8 cm³/mol. The molecule has 0 aliphatic carbocycles. The van der Waals surface area contributed by atoms with Gasteiger partial charge in [0.15, 0.2) is 0 Å². The lowest BCUT2D eigenvalue weighted by molar-refractivity contribution is 0.195. The van der Waals surface area contributed by atoms with E-state index in [-0.39, 0.29) is 0 Å². The first-order valence-corrected chi connectivity index (χ1v) is 3.94. The minimum atomic E-state index is -0.989. The molecule has 0 fully saturated rings. The summed E-state index contributed by atoms with van der Waals surface area (Å²) in [5, 5.41) is 8.96. The number of hydrogen-bond donors (Lipinski definition) is 2. The number of nitrogens with one attached hydrogen (secondary N) is 1. The summed E-state index contributed by atoms with van der Waals surface area (Å²) >= 11 is 0. The van der Waals surface area contributed by atoms with Crippen molar-refractivity contribution in [1.29, 1.82) is 0 Å². The predicted octanol–water partition coefficient (Wildman–Crippen LogP) is 1.69. The van der Waals surface area contributed by atoms with Crippen molar-refractivity contribution in [3.8, 4) is 0 Å². The Morgan fingerprint density at radius 3 is 2.54 bits per heavy atom. The van der Waals surface area contributed by atoms with Crippen LogP contribution in [0.25, 0.3) is 0 Å². The first kappa shape index (κ1) is 9.57. The van der Waals surface area contributed by atoms with E-state index in [1.165, 1.54) is 17.4 Å². The van der Waals surface area contributed by atoms with E-state index in [2.05, 4.69) is 9.97 Å². The highest BCUT2D eigenvalue weighted by Crippen LogP contribution is 2.20. The number of amides is 1. The molecular weight excluding hydrogens is 170 g/mol. The van der Waals surface area contributed by atoms with E-state index in [9.17, 15) is 4.79 Å². The summed E-state index contributed by atoms with van der Waals surface area (Å²) < 4.78 is 0. The SMILES string of the molecule is CC(C)(C)N(C(=O)O)c1cnc[nH]1. The molecule has 0 saturated heterocycles. The molecule has 0 unspecified atom stereocenters. The number of H-pyrrole nitrogens is 1. The smallest absolute Gasteiger partial charge is 0.413 e. The molecule has 5 nitrogen and oxygen atoms in total. The molecule has 2 N–H and O–H groups in total. The summed E-state index contributed by atoms with van der Waals surface area (Å²) in [5.41, 5.74) is -0.474. The van der Waals surface area contributed by atoms with E-state index in [1.807, 2.05) is 20.8 Å². The quantitative estimate of drug-likeness (QED) is 0.696. The van der Waals surface area contributed by atoms with Crippen LogP contribution in [-0.4, -0.2) is 26.7 Å². The molecular formula is C8H13N3O2. The molecule has 0 saturated carbocycles. The van der Waals surface area contributed by atoms with Gasteiger partial charge < -0.3 is 10.1 Å². The van der Waals surface area contributed by atoms with Crippen molar-refractivity contribution in [2.45, 2.75) is 26.3 Å². The number of aromatic nitrogens is 2. The van der Waals surface area contributed by atoms with Gasteiger partial charge in [0.05, 0.1) is 12.5 Å². The monoisotopic (exact) mass is 183 g/mol. The van der Waals surface area contributed by atoms with Gasteiger partial charge >= 0.3 is 6.09 Å². The van der Waals surface area contributed by atoms with Crippen LogP contribution < -0.4 is 4.90 Å². The van der Waals surface area contributed by atoms with E-state index >= 15 is 0 Å². The van der Waals surface area contributed by atoms with Crippen molar-refractivity contribution in [3.05, 3.63) is 12.5 Å². The van der Waals surface area contributed by atoms with Gasteiger partial charge in [0, 0.05) is 5.54 Å². The van der Waals surface area contributed by atoms with Gasteiger partial charge in [-0.3, -0.25) is 4.90 Å². The molecule has 72 valence electrons. The van der Waals surface area contributed by atoms with Gasteiger partial charge in [-0.25, -0.2) is 9.78 Å². The van der Waals surface area contributed by atoms with Crippen LogP contribution in [-0.2, 0) is 0 Å². The Morgan fingerprint density at radius 1 is 1.62 bits per heavy atom. The molecule has 1 rings (SSSR count). The molecule has 0 aliphatic heterocycles. The molecule has 5 heteroatoms. The molecule has 0 aromatic carbocycles. The Balaban J connectivity index is 3.01. The van der Waals surface area contributed by atoms with Gasteiger partial charge in [0.1, 0.15) is 5.82 Å². The Hall–Kier alpha value is -1.52. The first-order chi connectivity index (χ1) is 5.93. The van der Waals surface area contributed by atoms with Crippen LogP contribution in [0.4, 0.5) is 10.6 Å². The summed E-state index contributed by atoms with van der Waals surface area (Å²) in [6.45, 7) is 5.46. The second-order valence-electron chi connectivity index (χ2n) is 3.73. The molecule has 1 heterocycles. The van der Waals surface area contributed by atoms with E-state index in [4.69, 9.17) is 5.11 Å². The summed E-state index contributed by atoms with van der Waals surface area (Å²) in [7, 11) is 0. The highest BCUT2D eigenvalue weighted by Gasteiger charge is 2.28. The molecule has 1 aromatic rings. The van der Waals surface area contributed by atoms with Crippen molar-refractivity contribution in [2.24, 2.45) is 0 Å². The van der Waals surface area contributed by atoms with Crippen LogP contribution in [0, 0.1) is 0 Å². The van der Waals surface area contributed by atoms with Crippen LogP contribution in [0.2, 0.25) is 0 Å². The van der Waals surface area contributed by atoms with Gasteiger partial charge in [0.2, 0.25) is 0 Å². The number of imidazole rings is 1. The van der Waals surface area contributed by atoms with Crippen LogP contribution in [0.15, 0.2) is 12.5 Å². The molecule has 0 atom stereocenters. The second-order valence-corrected chi connectivity index (χ2v) is 3.73. The summed E-state index contributed by atoms with van der Waals surface area (Å²) in [6, 6.07) is 0. The highest BCUT2D eigenvalue weighted by molar-refractivity contribution is 5.85. The highest BCUT2D eigenvalue weighted by atomic mass is 16.4. The van der Waals surface area contributed by atoms with Crippen molar-refractivity contribution in [1.82, 2.24) is 9.97 Å². The summed E-state index contributed by atoms with van der Waals surface area (Å²) in [4.78, 5) is 18.7. The maximum atomic E-state index is 10.9. The number of nitrogens with zero attached hydrogens (tertiary/aromatic N) is 2. The molecule has 1 aromatic heterocycles. The molecule has 0 aliphatic rings. The zero-order valence-corrected chi connectivity index (χ0v) is 7.90. The Labute approximate surface area is 76.4 Å². The molecule has 0 bridgehead atoms. The minimum Gasteiger partial charge on any atom is -0.465 e. The molecule has 0 spiro atoms. The van der Waals surface area contributed by atoms with Crippen molar-refractivity contribution in [2.75, 3.05) is 4.90 Å². The second kappa shape index (κ2) is 3.08. The van der Waals surface area contributed by atoms with Crippen LogP contribution >= 0.6 is 0 Å². The normalized spacial score (nSPS) is 11.3. The lowest BCUT2D eigenvalue weighted by Gasteiger charge is -2.31. The van der Waals surface area contributed by atoms with Crippen molar-refractivity contribution < 1.29 is 9.90 Å². The maximum absolute atomic E-state index is 10.9. The number of rotatable bonds is 1. The average Bonchev–Trinajstić information content (AvgIpc) is 2.34. The largest absolute Gasteiger partial charge is 0.465 e. The fourth-order valence-electron chi connectivity index (χ4n) is 1.12. The van der Waals surface area contributed by atoms with Crippen LogP contribution in [0.1, 0.15) is 20.8 Å². The van der Waals surface area contributed by atoms with Crippen LogP contribution in [0.5, 0.6) is 0 Å². The maximum Gasteiger partial charge on any atom is 0.413 e. The Bertz CT molecular complexity index is 287. The molecule has 0 radical (unpaired) electrons. The lowest BCUT2D eigenvalue weighted by atomic mass is 10.1. The Kier molecular flexibility index (Phi) is 2.27. The van der Waals surface area contributed by atoms with E-state index in [1.54, 1.807) is 0 Å². The zero-order chi connectivity index (χ0) is 10.1. The Morgan fingerprint density at radius 2 is 2.23 bits per heavy atom. The van der Waals surface area contributed by atoms with E-state index in [0.29, 0.717) is 5.82 Å². The molecule has 13 heavy (non-hydrogen) atoms. The van der Waals surface area contributed by atoms with E-state index in [0.717, 1.165) is 0 Å². The number of carboxylic acid groups (broad SMARTS) is 1. The lowest BCUT2D eigenvalue weighted by Crippen LogP contribution is -2.45. The molecule has 1 amide bonds. The number of anilines is 1. The van der Waals surface area contributed by atoms with Gasteiger partial charge in [0.25, 0.3) is 0 Å². The van der Waals surface area contributed by atoms with E-state index < -0.39 is 11.6 Å². The zero-order valence-electron chi connectivity index (χ0n) is 7.90. The number of aromatic amines is 1.